The van der Waals surface area contributed by atoms with Crippen LogP contribution < -0.4 is 5.12 Å². The number of hydrogen-bond donors (Lipinski definition) is 1. The summed E-state index contributed by atoms with van der Waals surface area (Å²) >= 11 is 0. The molecule has 0 heterocycles. The lowest BCUT2D eigenvalue weighted by Gasteiger charge is -2.04. The van der Waals surface area contributed by atoms with Crippen molar-refractivity contribution in [2.24, 2.45) is 0 Å². The molecule has 12 heavy (non-hydrogen) atoms. The topological polar surface area (TPSA) is 4.44 Å². The number of rotatable bonds is 4. The van der Waals surface area contributed by atoms with Crippen LogP contribution in [-0.2, 0) is 0 Å². The molecule has 0 radical (unpaired) electrons. The second-order valence-corrected chi connectivity index (χ2v) is 2.87. The number of unbranched alkanes of at least 4 members (excludes halogenated alkanes) is 1. The molecular formula is C10H15FN+. The molecule has 0 aromatic heterocycles. The third-order valence-electron chi connectivity index (χ3n) is 1.84. The van der Waals surface area contributed by atoms with Gasteiger partial charge in [0.25, 0.3) is 0 Å². The highest BCUT2D eigenvalue weighted by molar-refractivity contribution is 5.27. The van der Waals surface area contributed by atoms with Crippen LogP contribution in [0.2, 0.25) is 0 Å². The van der Waals surface area contributed by atoms with Gasteiger partial charge in [-0.15, -0.1) is 5.12 Å². The normalized spacial score (nSPS) is 12.8. The Kier molecular flexibility index (Phi) is 3.74. The van der Waals surface area contributed by atoms with Crippen LogP contribution in [0.1, 0.15) is 19.8 Å². The number of para-hydroxylation sites is 1. The monoisotopic (exact) mass is 168 g/mol. The fourth-order valence-corrected chi connectivity index (χ4v) is 1.10. The lowest BCUT2D eigenvalue weighted by Crippen LogP contribution is -2.99. The quantitative estimate of drug-likeness (QED) is 0.655. The Morgan fingerprint density at radius 1 is 1.25 bits per heavy atom. The zero-order valence-electron chi connectivity index (χ0n) is 7.39. The highest BCUT2D eigenvalue weighted by Crippen LogP contribution is 1.98. The van der Waals surface area contributed by atoms with Crippen LogP contribution >= 0.6 is 0 Å². The van der Waals surface area contributed by atoms with E-state index in [1.165, 1.54) is 0 Å². The van der Waals surface area contributed by atoms with Crippen LogP contribution in [0, 0.1) is 0 Å². The summed E-state index contributed by atoms with van der Waals surface area (Å²) in [5.74, 6) is 0. The molecule has 0 aliphatic carbocycles. The lowest BCUT2D eigenvalue weighted by molar-refractivity contribution is -0.982. The minimum Gasteiger partial charge on any atom is -0.109 e. The second kappa shape index (κ2) is 4.88. The first-order chi connectivity index (χ1) is 5.84. The van der Waals surface area contributed by atoms with Crippen LogP contribution in [0.3, 0.4) is 0 Å². The van der Waals surface area contributed by atoms with Gasteiger partial charge in [-0.2, -0.15) is 0 Å². The van der Waals surface area contributed by atoms with E-state index in [-0.39, 0.29) is 5.12 Å². The molecule has 0 aliphatic rings. The molecule has 66 valence electrons. The van der Waals surface area contributed by atoms with Crippen molar-refractivity contribution >= 4 is 5.69 Å². The maximum Gasteiger partial charge on any atom is 0.169 e. The van der Waals surface area contributed by atoms with Crippen molar-refractivity contribution in [3.05, 3.63) is 30.3 Å². The molecule has 1 rings (SSSR count). The van der Waals surface area contributed by atoms with E-state index in [9.17, 15) is 4.48 Å². The minimum absolute atomic E-state index is 0.0115. The minimum atomic E-state index is 0.0115. The van der Waals surface area contributed by atoms with Crippen LogP contribution in [0.15, 0.2) is 30.3 Å². The molecule has 1 aromatic rings. The summed E-state index contributed by atoms with van der Waals surface area (Å²) < 4.78 is 13.2. The van der Waals surface area contributed by atoms with Crippen molar-refractivity contribution < 1.29 is 9.60 Å². The van der Waals surface area contributed by atoms with Crippen molar-refractivity contribution in [3.8, 4) is 0 Å². The summed E-state index contributed by atoms with van der Waals surface area (Å²) in [4.78, 5) is 0. The van der Waals surface area contributed by atoms with Gasteiger partial charge in [0.1, 0.15) is 6.54 Å². The largest absolute Gasteiger partial charge is 0.169 e. The summed E-state index contributed by atoms with van der Waals surface area (Å²) in [6, 6.07) is 9.24. The summed E-state index contributed by atoms with van der Waals surface area (Å²) in [5, 5.41) is 0.0115. The molecule has 1 atom stereocenters. The fourth-order valence-electron chi connectivity index (χ4n) is 1.10. The van der Waals surface area contributed by atoms with Crippen molar-refractivity contribution in [3.63, 3.8) is 0 Å². The SMILES string of the molecule is CCCC[NH+](F)c1ccccc1. The van der Waals surface area contributed by atoms with Crippen molar-refractivity contribution in [1.29, 1.82) is 0 Å². The van der Waals surface area contributed by atoms with E-state index in [4.69, 9.17) is 0 Å². The molecule has 1 aromatic carbocycles. The van der Waals surface area contributed by atoms with Gasteiger partial charge in [-0.25, -0.2) is 0 Å². The average Bonchev–Trinajstić information content (AvgIpc) is 2.15. The number of nitrogens with one attached hydrogen (secondary N) is 1. The molecule has 0 bridgehead atoms. The summed E-state index contributed by atoms with van der Waals surface area (Å²) in [5.41, 5.74) is 0.728. The van der Waals surface area contributed by atoms with Crippen molar-refractivity contribution in [2.45, 2.75) is 19.8 Å². The molecule has 1 N–H and O–H groups in total. The van der Waals surface area contributed by atoms with E-state index in [1.54, 1.807) is 0 Å². The first kappa shape index (κ1) is 9.20. The Labute approximate surface area is 72.8 Å². The zero-order chi connectivity index (χ0) is 8.81. The van der Waals surface area contributed by atoms with Gasteiger partial charge in [0.15, 0.2) is 5.69 Å². The molecule has 0 saturated carbocycles. The molecule has 0 aliphatic heterocycles. The number of hydrogen-bond acceptors (Lipinski definition) is 0. The first-order valence-corrected chi connectivity index (χ1v) is 4.41. The Hall–Kier alpha value is -0.890. The van der Waals surface area contributed by atoms with E-state index < -0.39 is 0 Å². The Balaban J connectivity index is 2.48. The zero-order valence-corrected chi connectivity index (χ0v) is 7.39. The summed E-state index contributed by atoms with van der Waals surface area (Å²) in [6.07, 6.45) is 1.97. The lowest BCUT2D eigenvalue weighted by atomic mass is 10.3. The Bertz CT molecular complexity index is 210. The number of halogens is 1. The Morgan fingerprint density at radius 3 is 2.50 bits per heavy atom. The number of benzene rings is 1. The Morgan fingerprint density at radius 2 is 1.92 bits per heavy atom. The maximum absolute atomic E-state index is 13.2. The first-order valence-electron chi connectivity index (χ1n) is 4.41. The standard InChI is InChI=1S/C10H14FN/c1-2-3-9-12(11)10-7-5-4-6-8-10/h4-8H,2-3,9H2,1H3/p+1. The van der Waals surface area contributed by atoms with Crippen LogP contribution in [0.25, 0.3) is 0 Å². The van der Waals surface area contributed by atoms with Crippen molar-refractivity contribution in [2.75, 3.05) is 6.54 Å². The summed E-state index contributed by atoms with van der Waals surface area (Å²) in [6.45, 7) is 2.64. The highest BCUT2D eigenvalue weighted by Gasteiger charge is 2.08. The molecular weight excluding hydrogens is 153 g/mol. The average molecular weight is 168 g/mol. The smallest absolute Gasteiger partial charge is 0.109 e. The molecule has 0 fully saturated rings. The van der Waals surface area contributed by atoms with Gasteiger partial charge < -0.3 is 0 Å². The van der Waals surface area contributed by atoms with Crippen LogP contribution in [0.5, 0.6) is 0 Å². The third-order valence-corrected chi connectivity index (χ3v) is 1.84. The van der Waals surface area contributed by atoms with E-state index in [2.05, 4.69) is 6.92 Å². The fraction of sp³-hybridized carbons (Fsp3) is 0.400. The van der Waals surface area contributed by atoms with Gasteiger partial charge in [0.05, 0.1) is 0 Å². The van der Waals surface area contributed by atoms with E-state index in [0.717, 1.165) is 18.5 Å². The highest BCUT2D eigenvalue weighted by atomic mass is 19.2. The van der Waals surface area contributed by atoms with E-state index >= 15 is 0 Å². The van der Waals surface area contributed by atoms with E-state index in [1.807, 2.05) is 30.3 Å². The molecule has 2 heteroatoms. The van der Waals surface area contributed by atoms with Gasteiger partial charge in [-0.05, 0) is 6.42 Å². The van der Waals surface area contributed by atoms with E-state index in [0.29, 0.717) is 6.54 Å². The van der Waals surface area contributed by atoms with Gasteiger partial charge in [0, 0.05) is 16.6 Å². The predicted molar refractivity (Wildman–Crippen MR) is 47.9 cm³/mol. The molecule has 0 saturated heterocycles. The number of quaternary nitrogens is 1. The molecule has 0 spiro atoms. The van der Waals surface area contributed by atoms with Gasteiger partial charge in [-0.3, -0.25) is 0 Å². The molecule has 0 amide bonds. The second-order valence-electron chi connectivity index (χ2n) is 2.87. The third kappa shape index (κ3) is 2.62. The van der Waals surface area contributed by atoms with Crippen molar-refractivity contribution in [1.82, 2.24) is 0 Å². The maximum atomic E-state index is 13.2. The van der Waals surface area contributed by atoms with Gasteiger partial charge in [-0.1, -0.05) is 31.5 Å². The predicted octanol–water partition coefficient (Wildman–Crippen LogP) is 1.89. The molecule has 1 unspecified atom stereocenters. The van der Waals surface area contributed by atoms with Crippen LogP contribution in [0.4, 0.5) is 10.2 Å². The summed E-state index contributed by atoms with van der Waals surface area (Å²) in [7, 11) is 0. The van der Waals surface area contributed by atoms with Gasteiger partial charge in [0.2, 0.25) is 0 Å². The van der Waals surface area contributed by atoms with Gasteiger partial charge >= 0.3 is 0 Å². The molecule has 1 nitrogen and oxygen atoms in total. The van der Waals surface area contributed by atoms with Crippen LogP contribution in [-0.4, -0.2) is 6.54 Å².